The van der Waals surface area contributed by atoms with Gasteiger partial charge in [0.15, 0.2) is 0 Å². The van der Waals surface area contributed by atoms with Crippen molar-refractivity contribution in [2.45, 2.75) is 31.5 Å². The van der Waals surface area contributed by atoms with E-state index in [0.717, 1.165) is 18.4 Å². The van der Waals surface area contributed by atoms with Crippen molar-refractivity contribution in [1.82, 2.24) is 30.0 Å². The van der Waals surface area contributed by atoms with Crippen molar-refractivity contribution in [2.24, 2.45) is 7.05 Å². The molecular weight excluding hydrogens is 498 g/mol. The normalized spacial score (nSPS) is 16.5. The Morgan fingerprint density at radius 3 is 2.84 bits per heavy atom. The van der Waals surface area contributed by atoms with Gasteiger partial charge in [-0.3, -0.25) is 14.3 Å². The summed E-state index contributed by atoms with van der Waals surface area (Å²) in [4.78, 5) is 36.2. The molecule has 1 unspecified atom stereocenters. The van der Waals surface area contributed by atoms with E-state index in [1.54, 1.807) is 36.3 Å². The minimum Gasteiger partial charge on any atom is -0.394 e. The number of ether oxygens (including phenoxy) is 1. The van der Waals surface area contributed by atoms with Crippen molar-refractivity contribution in [3.05, 3.63) is 58.5 Å². The number of aryl methyl sites for hydroxylation is 1. The Labute approximate surface area is 218 Å². The molecule has 0 aliphatic carbocycles. The number of halogens is 1. The molecule has 1 fully saturated rings. The average molecular weight is 526 g/mol. The predicted octanol–water partition coefficient (Wildman–Crippen LogP) is 1.93. The third-order valence-corrected chi connectivity index (χ3v) is 6.78. The van der Waals surface area contributed by atoms with Crippen molar-refractivity contribution in [3.8, 4) is 11.3 Å². The number of rotatable bonds is 8. The highest BCUT2D eigenvalue weighted by atomic mass is 35.5. The highest BCUT2D eigenvalue weighted by Gasteiger charge is 2.30. The largest absolute Gasteiger partial charge is 0.394 e. The quantitative estimate of drug-likeness (QED) is 0.406. The van der Waals surface area contributed by atoms with Gasteiger partial charge in [0, 0.05) is 50.2 Å². The minimum absolute atomic E-state index is 0.139. The summed E-state index contributed by atoms with van der Waals surface area (Å²) in [7, 11) is 1.76. The van der Waals surface area contributed by atoms with Crippen LogP contribution < -0.4 is 10.6 Å². The molecule has 2 aromatic heterocycles. The average Bonchev–Trinajstić information content (AvgIpc) is 3.47. The first-order valence-corrected chi connectivity index (χ1v) is 12.5. The van der Waals surface area contributed by atoms with Crippen molar-refractivity contribution in [2.75, 3.05) is 31.7 Å². The third-order valence-electron chi connectivity index (χ3n) is 6.50. The highest BCUT2D eigenvalue weighted by molar-refractivity contribution is 6.33. The summed E-state index contributed by atoms with van der Waals surface area (Å²) in [6.07, 6.45) is 5.03. The summed E-state index contributed by atoms with van der Waals surface area (Å²) in [5, 5.41) is 20.4. The number of hydrogen-bond acceptors (Lipinski definition) is 8. The fraction of sp³-hybridized carbons (Fsp3) is 0.400. The lowest BCUT2D eigenvalue weighted by molar-refractivity contribution is -0.122. The number of nitrogens with one attached hydrogen (secondary N) is 2. The first-order valence-electron chi connectivity index (χ1n) is 12.1. The molecule has 1 atom stereocenters. The van der Waals surface area contributed by atoms with Crippen LogP contribution in [-0.2, 0) is 23.1 Å². The molecule has 0 saturated carbocycles. The Kier molecular flexibility index (Phi) is 7.36. The maximum atomic E-state index is 13.1. The number of nitrogens with zero attached hydrogens (tertiary/aromatic N) is 5. The fourth-order valence-corrected chi connectivity index (χ4v) is 4.75. The number of carbonyl (C=O) groups is 2. The molecule has 2 amide bonds. The molecular formula is C25H28ClN7O4. The van der Waals surface area contributed by atoms with Gasteiger partial charge in [-0.15, -0.1) is 0 Å². The van der Waals surface area contributed by atoms with E-state index in [1.807, 2.05) is 12.1 Å². The number of hydrogen-bond donors (Lipinski definition) is 3. The van der Waals surface area contributed by atoms with Gasteiger partial charge in [0.05, 0.1) is 35.3 Å². The molecule has 2 aliphatic rings. The van der Waals surface area contributed by atoms with E-state index in [4.69, 9.17) is 16.3 Å². The molecule has 4 heterocycles. The van der Waals surface area contributed by atoms with E-state index < -0.39 is 6.04 Å². The summed E-state index contributed by atoms with van der Waals surface area (Å²) in [5.41, 5.74) is 3.08. The SMILES string of the molecule is Cn1ccc(C(CO)NC(=O)CN2Cc3ccc(-c4nc(NC5CCOCC5)ncc4Cl)cc3C2=O)n1. The van der Waals surface area contributed by atoms with Gasteiger partial charge < -0.3 is 25.4 Å². The van der Waals surface area contributed by atoms with E-state index in [-0.39, 0.29) is 31.0 Å². The molecule has 3 N–H and O–H groups in total. The van der Waals surface area contributed by atoms with Crippen LogP contribution in [0.5, 0.6) is 0 Å². The smallest absolute Gasteiger partial charge is 0.254 e. The van der Waals surface area contributed by atoms with E-state index in [1.165, 1.54) is 4.90 Å². The zero-order valence-electron chi connectivity index (χ0n) is 20.4. The number of aliphatic hydroxyl groups is 1. The Morgan fingerprint density at radius 1 is 1.30 bits per heavy atom. The molecule has 11 nitrogen and oxygen atoms in total. The number of aromatic nitrogens is 4. The summed E-state index contributed by atoms with van der Waals surface area (Å²) < 4.78 is 7.00. The fourth-order valence-electron chi connectivity index (χ4n) is 4.55. The third kappa shape index (κ3) is 5.58. The monoisotopic (exact) mass is 525 g/mol. The Balaban J connectivity index is 1.28. The molecule has 12 heteroatoms. The first-order chi connectivity index (χ1) is 17.9. The molecule has 37 heavy (non-hydrogen) atoms. The van der Waals surface area contributed by atoms with Gasteiger partial charge in [-0.25, -0.2) is 9.97 Å². The van der Waals surface area contributed by atoms with Gasteiger partial charge in [0.25, 0.3) is 5.91 Å². The summed E-state index contributed by atoms with van der Waals surface area (Å²) in [6.45, 7) is 1.26. The molecule has 5 rings (SSSR count). The first kappa shape index (κ1) is 25.1. The van der Waals surface area contributed by atoms with Gasteiger partial charge in [-0.1, -0.05) is 23.7 Å². The number of anilines is 1. The van der Waals surface area contributed by atoms with Crippen LogP contribution in [-0.4, -0.2) is 74.0 Å². The van der Waals surface area contributed by atoms with E-state index in [9.17, 15) is 14.7 Å². The van der Waals surface area contributed by atoms with Crippen molar-refractivity contribution in [1.29, 1.82) is 0 Å². The molecule has 0 spiro atoms. The topological polar surface area (TPSA) is 134 Å². The van der Waals surface area contributed by atoms with E-state index >= 15 is 0 Å². The van der Waals surface area contributed by atoms with Gasteiger partial charge in [-0.2, -0.15) is 5.10 Å². The Hall–Kier alpha value is -3.54. The number of benzene rings is 1. The highest BCUT2D eigenvalue weighted by Crippen LogP contribution is 2.31. The maximum Gasteiger partial charge on any atom is 0.254 e. The second-order valence-corrected chi connectivity index (χ2v) is 9.58. The van der Waals surface area contributed by atoms with Crippen LogP contribution in [0.25, 0.3) is 11.3 Å². The molecule has 1 saturated heterocycles. The molecule has 194 valence electrons. The van der Waals surface area contributed by atoms with Crippen LogP contribution in [0.1, 0.15) is 40.5 Å². The van der Waals surface area contributed by atoms with Crippen LogP contribution in [0.4, 0.5) is 5.95 Å². The zero-order chi connectivity index (χ0) is 25.9. The lowest BCUT2D eigenvalue weighted by Crippen LogP contribution is -2.40. The predicted molar refractivity (Wildman–Crippen MR) is 136 cm³/mol. The van der Waals surface area contributed by atoms with Gasteiger partial charge in [0.1, 0.15) is 6.54 Å². The van der Waals surface area contributed by atoms with Crippen molar-refractivity contribution in [3.63, 3.8) is 0 Å². The lowest BCUT2D eigenvalue weighted by Gasteiger charge is -2.23. The summed E-state index contributed by atoms with van der Waals surface area (Å²) in [6, 6.07) is 6.78. The minimum atomic E-state index is -0.649. The van der Waals surface area contributed by atoms with Crippen LogP contribution in [0.15, 0.2) is 36.7 Å². The molecule has 0 radical (unpaired) electrons. The van der Waals surface area contributed by atoms with Crippen LogP contribution in [0, 0.1) is 0 Å². The van der Waals surface area contributed by atoms with Gasteiger partial charge in [-0.05, 0) is 30.5 Å². The Morgan fingerprint density at radius 2 is 2.11 bits per heavy atom. The molecule has 3 aromatic rings. The van der Waals surface area contributed by atoms with Crippen molar-refractivity contribution >= 4 is 29.4 Å². The lowest BCUT2D eigenvalue weighted by atomic mass is 10.0. The Bertz CT molecular complexity index is 1310. The number of carbonyl (C=O) groups excluding carboxylic acids is 2. The number of fused-ring (bicyclic) bond motifs is 1. The molecule has 0 bridgehead atoms. The van der Waals surface area contributed by atoms with E-state index in [0.29, 0.717) is 53.2 Å². The summed E-state index contributed by atoms with van der Waals surface area (Å²) in [5.74, 6) is -0.160. The van der Waals surface area contributed by atoms with Gasteiger partial charge >= 0.3 is 0 Å². The maximum absolute atomic E-state index is 13.1. The van der Waals surface area contributed by atoms with Crippen LogP contribution >= 0.6 is 11.6 Å². The number of amides is 2. The number of aliphatic hydroxyl groups excluding tert-OH is 1. The zero-order valence-corrected chi connectivity index (χ0v) is 21.1. The van der Waals surface area contributed by atoms with Crippen LogP contribution in [0.2, 0.25) is 5.02 Å². The molecule has 1 aromatic carbocycles. The second-order valence-electron chi connectivity index (χ2n) is 9.17. The van der Waals surface area contributed by atoms with Crippen molar-refractivity contribution < 1.29 is 19.4 Å². The van der Waals surface area contributed by atoms with E-state index in [2.05, 4.69) is 25.7 Å². The summed E-state index contributed by atoms with van der Waals surface area (Å²) >= 11 is 6.42. The second kappa shape index (κ2) is 10.8. The van der Waals surface area contributed by atoms with Gasteiger partial charge in [0.2, 0.25) is 11.9 Å². The standard InChI is InChI=1S/C25H28ClN7O4/c1-32-7-4-20(31-32)21(14-34)29-22(35)13-33-12-16-3-2-15(10-18(16)24(33)36)23-19(26)11-27-25(30-23)28-17-5-8-37-9-6-17/h2-4,7,10-11,17,21,34H,5-6,8-9,12-14H2,1H3,(H,29,35)(H,27,28,30). The molecule has 2 aliphatic heterocycles. The van der Waals surface area contributed by atoms with Crippen LogP contribution in [0.3, 0.4) is 0 Å².